The second kappa shape index (κ2) is 7.36. The molecular weight excluding hydrogens is 303 g/mol. The van der Waals surface area contributed by atoms with Crippen LogP contribution in [0.15, 0.2) is 42.5 Å². The lowest BCUT2D eigenvalue weighted by Crippen LogP contribution is -2.09. The molecule has 2 aromatic rings. The number of rotatable bonds is 5. The molecule has 0 radical (unpaired) electrons. The van der Waals surface area contributed by atoms with Gasteiger partial charge in [-0.15, -0.1) is 0 Å². The van der Waals surface area contributed by atoms with E-state index in [1.54, 1.807) is 0 Å². The maximum atomic E-state index is 8.68. The molecule has 0 heterocycles. The zero-order chi connectivity index (χ0) is 15.2. The van der Waals surface area contributed by atoms with Gasteiger partial charge in [0.15, 0.2) is 0 Å². The molecule has 0 fully saturated rings. The number of benzene rings is 2. The van der Waals surface area contributed by atoms with Gasteiger partial charge in [-0.3, -0.25) is 0 Å². The summed E-state index contributed by atoms with van der Waals surface area (Å²) in [4.78, 5) is 0. The first-order valence-corrected chi connectivity index (χ1v) is 7.57. The van der Waals surface area contributed by atoms with E-state index in [-0.39, 0.29) is 6.04 Å². The first-order chi connectivity index (χ1) is 10.1. The molecule has 0 aliphatic rings. The van der Waals surface area contributed by atoms with Crippen LogP contribution in [0.1, 0.15) is 30.5 Å². The number of nitriles is 1. The van der Waals surface area contributed by atoms with Crippen LogP contribution >= 0.6 is 23.2 Å². The molecule has 2 rings (SSSR count). The third-order valence-electron chi connectivity index (χ3n) is 3.33. The smallest absolute Gasteiger partial charge is 0.0669 e. The number of nitrogens with zero attached hydrogens (tertiary/aromatic N) is 1. The van der Waals surface area contributed by atoms with Crippen LogP contribution in [-0.2, 0) is 6.42 Å². The van der Waals surface area contributed by atoms with Crippen LogP contribution in [-0.4, -0.2) is 0 Å². The highest BCUT2D eigenvalue weighted by atomic mass is 35.5. The highest BCUT2D eigenvalue weighted by Crippen LogP contribution is 2.29. The van der Waals surface area contributed by atoms with Crippen LogP contribution in [0, 0.1) is 11.3 Å². The molecule has 21 heavy (non-hydrogen) atoms. The minimum absolute atomic E-state index is 0.168. The largest absolute Gasteiger partial charge is 0.378 e. The van der Waals surface area contributed by atoms with Crippen molar-refractivity contribution in [1.29, 1.82) is 5.26 Å². The van der Waals surface area contributed by atoms with E-state index in [2.05, 4.69) is 18.3 Å². The van der Waals surface area contributed by atoms with Crippen LogP contribution < -0.4 is 5.32 Å². The van der Waals surface area contributed by atoms with Gasteiger partial charge < -0.3 is 5.32 Å². The summed E-state index contributed by atoms with van der Waals surface area (Å²) in [5.74, 6) is 0. The van der Waals surface area contributed by atoms with Gasteiger partial charge in [-0.1, -0.05) is 48.3 Å². The van der Waals surface area contributed by atoms with Crippen LogP contribution in [0.3, 0.4) is 0 Å². The van der Waals surface area contributed by atoms with Gasteiger partial charge in [0.1, 0.15) is 0 Å². The number of hydrogen-bond donors (Lipinski definition) is 1. The fourth-order valence-electron chi connectivity index (χ4n) is 2.16. The lowest BCUT2D eigenvalue weighted by atomic mass is 10.0. The molecule has 0 amide bonds. The summed E-state index contributed by atoms with van der Waals surface area (Å²) < 4.78 is 0. The molecule has 2 aromatic carbocycles. The Labute approximate surface area is 135 Å². The molecule has 1 N–H and O–H groups in total. The highest BCUT2D eigenvalue weighted by Gasteiger charge is 2.11. The van der Waals surface area contributed by atoms with Crippen molar-refractivity contribution in [3.05, 3.63) is 63.6 Å². The van der Waals surface area contributed by atoms with Crippen molar-refractivity contribution < 1.29 is 0 Å². The van der Waals surface area contributed by atoms with E-state index in [9.17, 15) is 0 Å². The number of hydrogen-bond acceptors (Lipinski definition) is 2. The topological polar surface area (TPSA) is 35.8 Å². The third kappa shape index (κ3) is 4.14. The van der Waals surface area contributed by atoms with Crippen LogP contribution in [0.2, 0.25) is 10.0 Å². The molecular formula is C17H16Cl2N2. The van der Waals surface area contributed by atoms with Crippen LogP contribution in [0.4, 0.5) is 5.69 Å². The minimum Gasteiger partial charge on any atom is -0.378 e. The van der Waals surface area contributed by atoms with E-state index in [4.69, 9.17) is 28.5 Å². The lowest BCUT2D eigenvalue weighted by molar-refractivity contribution is 0.749. The molecule has 0 aliphatic heterocycles. The first kappa shape index (κ1) is 15.7. The van der Waals surface area contributed by atoms with Gasteiger partial charge in [0.05, 0.1) is 28.6 Å². The van der Waals surface area contributed by atoms with Gasteiger partial charge in [-0.05, 0) is 41.8 Å². The summed E-state index contributed by atoms with van der Waals surface area (Å²) in [6, 6.07) is 15.9. The van der Waals surface area contributed by atoms with Crippen LogP contribution in [0.5, 0.6) is 0 Å². The molecule has 2 nitrogen and oxygen atoms in total. The second-order valence-electron chi connectivity index (χ2n) is 4.81. The number of nitrogens with one attached hydrogen (secondary N) is 1. The van der Waals surface area contributed by atoms with Crippen LogP contribution in [0.25, 0.3) is 0 Å². The van der Waals surface area contributed by atoms with Gasteiger partial charge in [-0.25, -0.2) is 0 Å². The van der Waals surface area contributed by atoms with E-state index >= 15 is 0 Å². The standard InChI is InChI=1S/C17H16Cl2N2/c1-2-17(13-5-8-15(18)16(19)11-13)21-14-6-3-12(4-7-14)9-10-20/h3-8,11,17,21H,2,9H2,1H3. The minimum atomic E-state index is 0.168. The predicted octanol–water partition coefficient (Wildman–Crippen LogP) is 5.62. The Balaban J connectivity index is 2.14. The van der Waals surface area contributed by atoms with E-state index in [0.29, 0.717) is 16.5 Å². The SMILES string of the molecule is CCC(Nc1ccc(CC#N)cc1)c1ccc(Cl)c(Cl)c1. The van der Waals surface area contributed by atoms with Gasteiger partial charge in [-0.2, -0.15) is 5.26 Å². The Bertz CT molecular complexity index is 645. The summed E-state index contributed by atoms with van der Waals surface area (Å²) >= 11 is 12.0. The Morgan fingerprint density at radius 1 is 1.10 bits per heavy atom. The highest BCUT2D eigenvalue weighted by molar-refractivity contribution is 6.42. The summed E-state index contributed by atoms with van der Waals surface area (Å²) in [5, 5.41) is 13.3. The Morgan fingerprint density at radius 3 is 2.38 bits per heavy atom. The zero-order valence-corrected chi connectivity index (χ0v) is 13.2. The molecule has 1 atom stereocenters. The van der Waals surface area contributed by atoms with E-state index in [1.807, 2.05) is 42.5 Å². The fraction of sp³-hybridized carbons (Fsp3) is 0.235. The van der Waals surface area contributed by atoms with E-state index in [1.165, 1.54) is 0 Å². The van der Waals surface area contributed by atoms with E-state index in [0.717, 1.165) is 23.2 Å². The van der Waals surface area contributed by atoms with Crippen molar-refractivity contribution in [1.82, 2.24) is 0 Å². The summed E-state index contributed by atoms with van der Waals surface area (Å²) in [7, 11) is 0. The van der Waals surface area contributed by atoms with Crippen molar-refractivity contribution in [2.45, 2.75) is 25.8 Å². The molecule has 0 aromatic heterocycles. The molecule has 0 spiro atoms. The summed E-state index contributed by atoms with van der Waals surface area (Å²) in [6.45, 7) is 2.12. The monoisotopic (exact) mass is 318 g/mol. The Hall–Kier alpha value is -1.69. The molecule has 1 unspecified atom stereocenters. The molecule has 0 bridgehead atoms. The third-order valence-corrected chi connectivity index (χ3v) is 4.07. The zero-order valence-electron chi connectivity index (χ0n) is 11.7. The second-order valence-corrected chi connectivity index (χ2v) is 5.62. The average Bonchev–Trinajstić information content (AvgIpc) is 2.50. The maximum Gasteiger partial charge on any atom is 0.0669 e. The Morgan fingerprint density at radius 2 is 1.81 bits per heavy atom. The van der Waals surface area contributed by atoms with Crippen molar-refractivity contribution in [3.8, 4) is 6.07 Å². The molecule has 108 valence electrons. The lowest BCUT2D eigenvalue weighted by Gasteiger charge is -2.19. The fourth-order valence-corrected chi connectivity index (χ4v) is 2.47. The normalized spacial score (nSPS) is 11.7. The van der Waals surface area contributed by atoms with Gasteiger partial charge in [0.2, 0.25) is 0 Å². The van der Waals surface area contributed by atoms with Crippen molar-refractivity contribution in [2.24, 2.45) is 0 Å². The average molecular weight is 319 g/mol. The van der Waals surface area contributed by atoms with Crippen molar-refractivity contribution >= 4 is 28.9 Å². The predicted molar refractivity (Wildman–Crippen MR) is 88.9 cm³/mol. The summed E-state index contributed by atoms with van der Waals surface area (Å²) in [5.41, 5.74) is 3.15. The maximum absolute atomic E-state index is 8.68. The van der Waals surface area contributed by atoms with E-state index < -0.39 is 0 Å². The number of anilines is 1. The molecule has 0 saturated carbocycles. The first-order valence-electron chi connectivity index (χ1n) is 6.81. The van der Waals surface area contributed by atoms with Crippen molar-refractivity contribution in [3.63, 3.8) is 0 Å². The van der Waals surface area contributed by atoms with Gasteiger partial charge in [0, 0.05) is 5.69 Å². The number of halogens is 2. The van der Waals surface area contributed by atoms with Crippen molar-refractivity contribution in [2.75, 3.05) is 5.32 Å². The molecule has 0 saturated heterocycles. The molecule has 4 heteroatoms. The van der Waals surface area contributed by atoms with Gasteiger partial charge >= 0.3 is 0 Å². The Kier molecular flexibility index (Phi) is 5.50. The van der Waals surface area contributed by atoms with Gasteiger partial charge in [0.25, 0.3) is 0 Å². The summed E-state index contributed by atoms with van der Waals surface area (Å²) in [6.07, 6.45) is 1.36. The quantitative estimate of drug-likeness (QED) is 0.776. The molecule has 0 aliphatic carbocycles.